The van der Waals surface area contributed by atoms with Gasteiger partial charge in [0.05, 0.1) is 19.3 Å². The van der Waals surface area contributed by atoms with Crippen molar-refractivity contribution in [1.82, 2.24) is 9.88 Å². The Bertz CT molecular complexity index is 955. The van der Waals surface area contributed by atoms with Crippen molar-refractivity contribution in [2.75, 3.05) is 13.7 Å². The first kappa shape index (κ1) is 20.9. The summed E-state index contributed by atoms with van der Waals surface area (Å²) in [5.41, 5.74) is 2.60. The van der Waals surface area contributed by atoms with Gasteiger partial charge in [0.25, 0.3) is 5.91 Å². The molecule has 0 radical (unpaired) electrons. The van der Waals surface area contributed by atoms with Crippen molar-refractivity contribution in [2.45, 2.75) is 33.4 Å². The van der Waals surface area contributed by atoms with E-state index in [0.29, 0.717) is 31.0 Å². The minimum Gasteiger partial charge on any atom is -0.497 e. The van der Waals surface area contributed by atoms with Crippen LogP contribution in [0.15, 0.2) is 53.9 Å². The summed E-state index contributed by atoms with van der Waals surface area (Å²) in [6, 6.07) is 15.2. The Kier molecular flexibility index (Phi) is 7.25. The summed E-state index contributed by atoms with van der Waals surface area (Å²) < 4.78 is 11.1. The highest BCUT2D eigenvalue weighted by molar-refractivity contribution is 7.09. The SMILES string of the molecule is CCCN(Cc1csc(COc2ccccc2C)n1)C(=O)c1cccc(OC)c1. The Morgan fingerprint density at radius 2 is 2.00 bits per heavy atom. The number of hydrogen-bond donors (Lipinski definition) is 0. The first-order valence-corrected chi connectivity index (χ1v) is 10.5. The number of para-hydroxylation sites is 1. The van der Waals surface area contributed by atoms with Crippen LogP contribution in [0.2, 0.25) is 0 Å². The van der Waals surface area contributed by atoms with Gasteiger partial charge >= 0.3 is 0 Å². The van der Waals surface area contributed by atoms with Gasteiger partial charge in [0.15, 0.2) is 0 Å². The Balaban J connectivity index is 1.66. The van der Waals surface area contributed by atoms with Gasteiger partial charge in [-0.25, -0.2) is 4.98 Å². The normalized spacial score (nSPS) is 10.6. The average Bonchev–Trinajstić information content (AvgIpc) is 3.20. The molecule has 1 heterocycles. The highest BCUT2D eigenvalue weighted by Gasteiger charge is 2.17. The van der Waals surface area contributed by atoms with Crippen molar-refractivity contribution in [2.24, 2.45) is 0 Å². The van der Waals surface area contributed by atoms with Gasteiger partial charge in [-0.3, -0.25) is 4.79 Å². The van der Waals surface area contributed by atoms with Crippen molar-refractivity contribution < 1.29 is 14.3 Å². The van der Waals surface area contributed by atoms with Crippen LogP contribution in [-0.4, -0.2) is 29.4 Å². The Hall–Kier alpha value is -2.86. The number of amides is 1. The average molecular weight is 411 g/mol. The Morgan fingerprint density at radius 3 is 2.76 bits per heavy atom. The summed E-state index contributed by atoms with van der Waals surface area (Å²) in [5, 5.41) is 2.89. The number of thiazole rings is 1. The molecule has 0 atom stereocenters. The third-order valence-corrected chi connectivity index (χ3v) is 5.37. The largest absolute Gasteiger partial charge is 0.497 e. The summed E-state index contributed by atoms with van der Waals surface area (Å²) in [7, 11) is 1.60. The molecule has 0 spiro atoms. The molecule has 0 aliphatic rings. The Morgan fingerprint density at radius 1 is 1.17 bits per heavy atom. The molecule has 5 nitrogen and oxygen atoms in total. The van der Waals surface area contributed by atoms with Crippen LogP contribution in [0.1, 0.15) is 40.0 Å². The van der Waals surface area contributed by atoms with Crippen LogP contribution >= 0.6 is 11.3 Å². The van der Waals surface area contributed by atoms with Gasteiger partial charge in [-0.2, -0.15) is 0 Å². The molecule has 1 aromatic heterocycles. The minimum atomic E-state index is -0.0172. The van der Waals surface area contributed by atoms with E-state index in [1.54, 1.807) is 24.5 Å². The summed E-state index contributed by atoms with van der Waals surface area (Å²) in [6.45, 7) is 5.66. The molecule has 0 aliphatic carbocycles. The summed E-state index contributed by atoms with van der Waals surface area (Å²) in [5.74, 6) is 1.53. The molecule has 6 heteroatoms. The fraction of sp³-hybridized carbons (Fsp3) is 0.304. The fourth-order valence-electron chi connectivity index (χ4n) is 3.00. The zero-order valence-electron chi connectivity index (χ0n) is 17.1. The smallest absolute Gasteiger partial charge is 0.254 e. The number of aryl methyl sites for hydroxylation is 1. The Labute approximate surface area is 175 Å². The lowest BCUT2D eigenvalue weighted by atomic mass is 10.1. The van der Waals surface area contributed by atoms with Crippen molar-refractivity contribution in [1.29, 1.82) is 0 Å². The highest BCUT2D eigenvalue weighted by Crippen LogP contribution is 2.21. The predicted molar refractivity (Wildman–Crippen MR) is 116 cm³/mol. The predicted octanol–water partition coefficient (Wildman–Crippen LogP) is 5.09. The molecule has 0 saturated carbocycles. The van der Waals surface area contributed by atoms with Crippen LogP contribution in [-0.2, 0) is 13.2 Å². The van der Waals surface area contributed by atoms with Crippen molar-refractivity contribution in [3.05, 3.63) is 75.7 Å². The zero-order valence-corrected chi connectivity index (χ0v) is 17.9. The van der Waals surface area contributed by atoms with Crippen molar-refractivity contribution in [3.63, 3.8) is 0 Å². The summed E-state index contributed by atoms with van der Waals surface area (Å²) in [4.78, 5) is 19.5. The lowest BCUT2D eigenvalue weighted by Gasteiger charge is -2.21. The first-order chi connectivity index (χ1) is 14.1. The third kappa shape index (κ3) is 5.57. The lowest BCUT2D eigenvalue weighted by molar-refractivity contribution is 0.0741. The van der Waals surface area contributed by atoms with E-state index < -0.39 is 0 Å². The molecule has 0 aliphatic heterocycles. The van der Waals surface area contributed by atoms with Gasteiger partial charge in [0, 0.05) is 17.5 Å². The molecule has 2 aromatic carbocycles. The third-order valence-electron chi connectivity index (χ3n) is 4.49. The standard InChI is InChI=1S/C23H26N2O3S/c1-4-12-25(23(26)18-9-7-10-20(13-18)27-3)14-19-16-29-22(24-19)15-28-21-11-6-5-8-17(21)2/h5-11,13,16H,4,12,14-15H2,1-3H3. The maximum Gasteiger partial charge on any atom is 0.254 e. The second-order valence-electron chi connectivity index (χ2n) is 6.75. The molecule has 0 unspecified atom stereocenters. The van der Waals surface area contributed by atoms with E-state index in [1.165, 1.54) is 0 Å². The number of methoxy groups -OCH3 is 1. The molecule has 29 heavy (non-hydrogen) atoms. The molecular weight excluding hydrogens is 384 g/mol. The molecular formula is C23H26N2O3S. The van der Waals surface area contributed by atoms with Gasteiger partial charge in [0.1, 0.15) is 23.1 Å². The van der Waals surface area contributed by atoms with Crippen LogP contribution in [0.5, 0.6) is 11.5 Å². The highest BCUT2D eigenvalue weighted by atomic mass is 32.1. The molecule has 1 amide bonds. The van der Waals surface area contributed by atoms with Gasteiger partial charge < -0.3 is 14.4 Å². The van der Waals surface area contributed by atoms with E-state index in [4.69, 9.17) is 9.47 Å². The van der Waals surface area contributed by atoms with Crippen molar-refractivity contribution in [3.8, 4) is 11.5 Å². The number of hydrogen-bond acceptors (Lipinski definition) is 5. The number of rotatable bonds is 9. The minimum absolute atomic E-state index is 0.0172. The summed E-state index contributed by atoms with van der Waals surface area (Å²) in [6.07, 6.45) is 0.878. The van der Waals surface area contributed by atoms with E-state index in [1.807, 2.05) is 59.7 Å². The number of carbonyl (C=O) groups excluding carboxylic acids is 1. The topological polar surface area (TPSA) is 51.7 Å². The second kappa shape index (κ2) is 10.1. The number of aromatic nitrogens is 1. The first-order valence-electron chi connectivity index (χ1n) is 9.65. The van der Waals surface area contributed by atoms with E-state index in [-0.39, 0.29) is 5.91 Å². The van der Waals surface area contributed by atoms with Crippen LogP contribution in [0.3, 0.4) is 0 Å². The fourth-order valence-corrected chi connectivity index (χ4v) is 3.70. The monoisotopic (exact) mass is 410 g/mol. The molecule has 0 N–H and O–H groups in total. The molecule has 0 bridgehead atoms. The van der Waals surface area contributed by atoms with Crippen LogP contribution in [0, 0.1) is 6.92 Å². The van der Waals surface area contributed by atoms with Gasteiger partial charge in [-0.1, -0.05) is 31.2 Å². The molecule has 0 saturated heterocycles. The van der Waals surface area contributed by atoms with Crippen LogP contribution in [0.4, 0.5) is 0 Å². The van der Waals surface area contributed by atoms with Crippen molar-refractivity contribution >= 4 is 17.2 Å². The van der Waals surface area contributed by atoms with E-state index in [2.05, 4.69) is 11.9 Å². The zero-order chi connectivity index (χ0) is 20.6. The quantitative estimate of drug-likeness (QED) is 0.493. The van der Waals surface area contributed by atoms with Gasteiger partial charge in [0.2, 0.25) is 0 Å². The van der Waals surface area contributed by atoms with Gasteiger partial charge in [-0.15, -0.1) is 11.3 Å². The maximum absolute atomic E-state index is 13.0. The summed E-state index contributed by atoms with van der Waals surface area (Å²) >= 11 is 1.55. The molecule has 3 rings (SSSR count). The number of ether oxygens (including phenoxy) is 2. The number of nitrogens with zero attached hydrogens (tertiary/aromatic N) is 2. The van der Waals surface area contributed by atoms with Crippen LogP contribution in [0.25, 0.3) is 0 Å². The maximum atomic E-state index is 13.0. The number of carbonyl (C=O) groups is 1. The number of benzene rings is 2. The lowest BCUT2D eigenvalue weighted by Crippen LogP contribution is -2.31. The van der Waals surface area contributed by atoms with E-state index >= 15 is 0 Å². The molecule has 0 fully saturated rings. The molecule has 3 aromatic rings. The second-order valence-corrected chi connectivity index (χ2v) is 7.69. The van der Waals surface area contributed by atoms with Gasteiger partial charge in [-0.05, 0) is 43.2 Å². The molecule has 152 valence electrons. The van der Waals surface area contributed by atoms with E-state index in [9.17, 15) is 4.79 Å². The van der Waals surface area contributed by atoms with E-state index in [0.717, 1.165) is 28.4 Å². The van der Waals surface area contributed by atoms with Crippen LogP contribution < -0.4 is 9.47 Å².